The molecule has 3 unspecified atom stereocenters. The number of nitrogens with zero attached hydrogens (tertiary/aromatic N) is 1. The molecular formula is C41H46N2O4. The summed E-state index contributed by atoms with van der Waals surface area (Å²) >= 11 is 0. The molecule has 1 aliphatic heterocycles. The quantitative estimate of drug-likeness (QED) is 0.107. The van der Waals surface area contributed by atoms with Crippen LogP contribution in [0.1, 0.15) is 63.5 Å². The largest absolute Gasteiger partial charge is 0.481 e. The van der Waals surface area contributed by atoms with Crippen LogP contribution in [0.5, 0.6) is 0 Å². The minimum absolute atomic E-state index is 0.0294. The van der Waals surface area contributed by atoms with Gasteiger partial charge in [0.25, 0.3) is 0 Å². The lowest BCUT2D eigenvalue weighted by Crippen LogP contribution is -2.43. The first-order valence-electron chi connectivity index (χ1n) is 16.5. The van der Waals surface area contributed by atoms with Gasteiger partial charge in [-0.05, 0) is 47.6 Å². The van der Waals surface area contributed by atoms with E-state index < -0.39 is 11.9 Å². The zero-order valence-corrected chi connectivity index (χ0v) is 27.5. The SMILES string of the molecule is C=CCC(C)(CC=CCC1N(CCC(=O)O)c2c(ccc3ccccc23)C1(C)CC=C)c1ccc2ccccc2c1NCCC(=O)O. The van der Waals surface area contributed by atoms with E-state index in [1.165, 1.54) is 5.56 Å². The predicted molar refractivity (Wildman–Crippen MR) is 195 cm³/mol. The Bertz CT molecular complexity index is 1830. The van der Waals surface area contributed by atoms with Crippen LogP contribution in [0.2, 0.25) is 0 Å². The van der Waals surface area contributed by atoms with E-state index in [2.05, 4.69) is 97.9 Å². The summed E-state index contributed by atoms with van der Waals surface area (Å²) in [4.78, 5) is 25.5. The highest BCUT2D eigenvalue weighted by Crippen LogP contribution is 2.52. The summed E-state index contributed by atoms with van der Waals surface area (Å²) in [6.45, 7) is 13.5. The summed E-state index contributed by atoms with van der Waals surface area (Å²) in [6.07, 6.45) is 11.6. The van der Waals surface area contributed by atoms with Crippen molar-refractivity contribution in [3.05, 3.63) is 121 Å². The zero-order valence-electron chi connectivity index (χ0n) is 27.5. The molecule has 0 fully saturated rings. The Labute approximate surface area is 278 Å². The Kier molecular flexibility index (Phi) is 10.2. The molecule has 6 nitrogen and oxygen atoms in total. The van der Waals surface area contributed by atoms with E-state index in [9.17, 15) is 19.8 Å². The molecule has 5 rings (SSSR count). The second-order valence-corrected chi connectivity index (χ2v) is 13.2. The van der Waals surface area contributed by atoms with Gasteiger partial charge in [-0.2, -0.15) is 0 Å². The molecule has 1 heterocycles. The van der Waals surface area contributed by atoms with Gasteiger partial charge >= 0.3 is 11.9 Å². The maximum atomic E-state index is 11.8. The molecular weight excluding hydrogens is 584 g/mol. The van der Waals surface area contributed by atoms with Crippen molar-refractivity contribution in [3.63, 3.8) is 0 Å². The monoisotopic (exact) mass is 630 g/mol. The molecule has 0 spiro atoms. The maximum absolute atomic E-state index is 11.8. The Morgan fingerprint density at radius 2 is 1.53 bits per heavy atom. The van der Waals surface area contributed by atoms with Crippen LogP contribution in [0.15, 0.2) is 110 Å². The van der Waals surface area contributed by atoms with Crippen molar-refractivity contribution in [2.45, 2.75) is 69.2 Å². The van der Waals surface area contributed by atoms with Crippen LogP contribution in [0, 0.1) is 0 Å². The summed E-state index contributed by atoms with van der Waals surface area (Å²) in [5.74, 6) is -1.64. The molecule has 3 atom stereocenters. The molecule has 0 bridgehead atoms. The van der Waals surface area contributed by atoms with Crippen molar-refractivity contribution in [2.24, 2.45) is 0 Å². The van der Waals surface area contributed by atoms with E-state index in [0.717, 1.165) is 64.2 Å². The van der Waals surface area contributed by atoms with Crippen molar-refractivity contribution in [3.8, 4) is 0 Å². The van der Waals surface area contributed by atoms with Gasteiger partial charge in [-0.25, -0.2) is 0 Å². The number of rotatable bonds is 16. The molecule has 0 amide bonds. The summed E-state index contributed by atoms with van der Waals surface area (Å²) in [5, 5.41) is 26.9. The van der Waals surface area contributed by atoms with Gasteiger partial charge < -0.3 is 20.4 Å². The summed E-state index contributed by atoms with van der Waals surface area (Å²) in [6, 6.07) is 25.3. The summed E-state index contributed by atoms with van der Waals surface area (Å²) < 4.78 is 0. The van der Waals surface area contributed by atoms with Gasteiger partial charge in [-0.3, -0.25) is 9.59 Å². The first kappa shape index (κ1) is 33.5. The van der Waals surface area contributed by atoms with E-state index in [-0.39, 0.29) is 29.7 Å². The lowest BCUT2D eigenvalue weighted by molar-refractivity contribution is -0.137. The van der Waals surface area contributed by atoms with Crippen molar-refractivity contribution < 1.29 is 19.8 Å². The van der Waals surface area contributed by atoms with Crippen molar-refractivity contribution in [2.75, 3.05) is 23.3 Å². The van der Waals surface area contributed by atoms with E-state index in [1.807, 2.05) is 36.4 Å². The standard InChI is InChI=1S/C41H46N2O4/c1-5-24-40(3,33-20-18-29-13-7-9-15-31(29)38(33)42-27-22-36(44)45)26-12-11-17-35-41(4,25-6-2)34-21-19-30-14-8-10-16-32(30)39(34)43(35)28-23-37(46)47/h5-16,18-21,35,42H,1-2,17,22-28H2,3-4H3,(H,44,45)(H,46,47). The number of carbonyl (C=O) groups is 2. The number of carboxylic acid groups (broad SMARTS) is 2. The number of carboxylic acids is 2. The Morgan fingerprint density at radius 1 is 0.872 bits per heavy atom. The number of benzene rings is 4. The fourth-order valence-electron chi connectivity index (χ4n) is 7.57. The lowest BCUT2D eigenvalue weighted by atomic mass is 9.73. The first-order chi connectivity index (χ1) is 22.6. The van der Waals surface area contributed by atoms with Crippen molar-refractivity contribution in [1.29, 1.82) is 0 Å². The van der Waals surface area contributed by atoms with Crippen molar-refractivity contribution >= 4 is 44.9 Å². The van der Waals surface area contributed by atoms with Crippen LogP contribution in [-0.4, -0.2) is 41.3 Å². The Morgan fingerprint density at radius 3 is 2.21 bits per heavy atom. The van der Waals surface area contributed by atoms with Gasteiger partial charge in [-0.1, -0.05) is 111 Å². The molecule has 4 aromatic rings. The van der Waals surface area contributed by atoms with E-state index in [0.29, 0.717) is 13.1 Å². The topological polar surface area (TPSA) is 89.9 Å². The number of fused-ring (bicyclic) bond motifs is 4. The molecule has 0 saturated carbocycles. The van der Waals surface area contributed by atoms with Crippen molar-refractivity contribution in [1.82, 2.24) is 0 Å². The molecule has 4 aromatic carbocycles. The second kappa shape index (κ2) is 14.3. The number of aliphatic carboxylic acids is 2. The molecule has 6 heteroatoms. The van der Waals surface area contributed by atoms with Crippen LogP contribution in [0.4, 0.5) is 11.4 Å². The highest BCUT2D eigenvalue weighted by Gasteiger charge is 2.47. The Hall–Kier alpha value is -4.84. The third-order valence-corrected chi connectivity index (χ3v) is 9.96. The molecule has 47 heavy (non-hydrogen) atoms. The van der Waals surface area contributed by atoms with Crippen LogP contribution >= 0.6 is 0 Å². The van der Waals surface area contributed by atoms with Crippen LogP contribution < -0.4 is 10.2 Å². The summed E-state index contributed by atoms with van der Waals surface area (Å²) in [7, 11) is 0. The third kappa shape index (κ3) is 6.83. The van der Waals surface area contributed by atoms with E-state index >= 15 is 0 Å². The molecule has 3 N–H and O–H groups in total. The van der Waals surface area contributed by atoms with Gasteiger partial charge in [0.05, 0.1) is 12.8 Å². The van der Waals surface area contributed by atoms with Gasteiger partial charge in [0.15, 0.2) is 0 Å². The average Bonchev–Trinajstić information content (AvgIpc) is 3.29. The normalized spacial score (nSPS) is 18.7. The number of allylic oxidation sites excluding steroid dienone is 3. The van der Waals surface area contributed by atoms with Crippen LogP contribution in [0.25, 0.3) is 21.5 Å². The van der Waals surface area contributed by atoms with Gasteiger partial charge in [0.2, 0.25) is 0 Å². The number of anilines is 2. The van der Waals surface area contributed by atoms with E-state index in [1.54, 1.807) is 0 Å². The maximum Gasteiger partial charge on any atom is 0.305 e. The van der Waals surface area contributed by atoms with Gasteiger partial charge in [0.1, 0.15) is 0 Å². The predicted octanol–water partition coefficient (Wildman–Crippen LogP) is 9.25. The van der Waals surface area contributed by atoms with Gasteiger partial charge in [-0.15, -0.1) is 13.2 Å². The average molecular weight is 631 g/mol. The highest BCUT2D eigenvalue weighted by atomic mass is 16.4. The number of hydrogen-bond donors (Lipinski definition) is 3. The number of nitrogens with one attached hydrogen (secondary N) is 1. The molecule has 244 valence electrons. The first-order valence-corrected chi connectivity index (χ1v) is 16.5. The Balaban J connectivity index is 1.48. The van der Waals surface area contributed by atoms with Crippen LogP contribution in [0.3, 0.4) is 0 Å². The lowest BCUT2D eigenvalue weighted by Gasteiger charge is -2.36. The summed E-state index contributed by atoms with van der Waals surface area (Å²) in [5.41, 5.74) is 3.94. The number of hydrogen-bond acceptors (Lipinski definition) is 4. The van der Waals surface area contributed by atoms with Crippen LogP contribution in [-0.2, 0) is 20.4 Å². The molecule has 0 saturated heterocycles. The second-order valence-electron chi connectivity index (χ2n) is 13.2. The molecule has 1 aliphatic rings. The molecule has 0 aliphatic carbocycles. The minimum Gasteiger partial charge on any atom is -0.481 e. The fourth-order valence-corrected chi connectivity index (χ4v) is 7.57. The minimum atomic E-state index is -0.834. The smallest absolute Gasteiger partial charge is 0.305 e. The van der Waals surface area contributed by atoms with Gasteiger partial charge in [0, 0.05) is 52.1 Å². The van der Waals surface area contributed by atoms with E-state index in [4.69, 9.17) is 0 Å². The zero-order chi connectivity index (χ0) is 33.6. The molecule has 0 radical (unpaired) electrons. The highest BCUT2D eigenvalue weighted by molar-refractivity contribution is 5.98. The molecule has 0 aromatic heterocycles. The fraction of sp³-hybridized carbons (Fsp3) is 0.317. The third-order valence-electron chi connectivity index (χ3n) is 9.96.